The van der Waals surface area contributed by atoms with Gasteiger partial charge in [-0.1, -0.05) is 43.5 Å². The molecule has 0 unspecified atom stereocenters. The van der Waals surface area contributed by atoms with Crippen molar-refractivity contribution in [3.63, 3.8) is 0 Å². The molecule has 0 aliphatic heterocycles. The van der Waals surface area contributed by atoms with Gasteiger partial charge in [0.15, 0.2) is 0 Å². The highest BCUT2D eigenvalue weighted by Gasteiger charge is 2.38. The van der Waals surface area contributed by atoms with Crippen LogP contribution in [0.15, 0.2) is 53.4 Å². The molecule has 5 nitrogen and oxygen atoms in total. The number of carbonyl (C=O) groups is 1. The van der Waals surface area contributed by atoms with Crippen LogP contribution in [0.5, 0.6) is 0 Å². The lowest BCUT2D eigenvalue weighted by molar-refractivity contribution is 0.1000. The first kappa shape index (κ1) is 20.1. The van der Waals surface area contributed by atoms with Crippen LogP contribution >= 0.6 is 0 Å². The molecule has 2 aliphatic rings. The van der Waals surface area contributed by atoms with E-state index < -0.39 is 15.9 Å². The molecule has 2 aromatic carbocycles. The van der Waals surface area contributed by atoms with Crippen LogP contribution in [0.4, 0.5) is 0 Å². The van der Waals surface area contributed by atoms with Gasteiger partial charge >= 0.3 is 0 Å². The maximum absolute atomic E-state index is 13.3. The Balaban J connectivity index is 1.53. The molecule has 2 aromatic rings. The molecule has 154 valence electrons. The Labute approximate surface area is 173 Å². The largest absolute Gasteiger partial charge is 0.366 e. The molecule has 0 heterocycles. The number of rotatable bonds is 7. The molecular weight excluding hydrogens is 384 g/mol. The summed E-state index contributed by atoms with van der Waals surface area (Å²) in [4.78, 5) is 11.6. The average molecular weight is 413 g/mol. The Morgan fingerprint density at radius 3 is 2.07 bits per heavy atom. The minimum Gasteiger partial charge on any atom is -0.366 e. The van der Waals surface area contributed by atoms with Gasteiger partial charge < -0.3 is 5.73 Å². The van der Waals surface area contributed by atoms with Crippen molar-refractivity contribution < 1.29 is 13.2 Å². The van der Waals surface area contributed by atoms with Crippen LogP contribution in [0.1, 0.15) is 72.3 Å². The minimum absolute atomic E-state index is 0.0498. The van der Waals surface area contributed by atoms with Gasteiger partial charge in [0.25, 0.3) is 0 Å². The molecule has 4 rings (SSSR count). The molecule has 0 radical (unpaired) electrons. The second-order valence-electron chi connectivity index (χ2n) is 8.25. The molecule has 0 bridgehead atoms. The topological polar surface area (TPSA) is 80.5 Å². The Morgan fingerprint density at radius 2 is 1.52 bits per heavy atom. The molecular formula is C23H28N2O3S. The number of hydrogen-bond donors (Lipinski definition) is 1. The lowest BCUT2D eigenvalue weighted by atomic mass is 9.84. The zero-order chi connectivity index (χ0) is 20.4. The van der Waals surface area contributed by atoms with E-state index in [0.29, 0.717) is 22.9 Å². The SMILES string of the molecule is NC(=O)c1ccc(CN(C2CC2)S(=O)(=O)c2ccc(C3CCCCC3)cc2)cc1. The lowest BCUT2D eigenvalue weighted by Gasteiger charge is -2.24. The predicted molar refractivity (Wildman–Crippen MR) is 113 cm³/mol. The highest BCUT2D eigenvalue weighted by Crippen LogP contribution is 2.36. The molecule has 2 aliphatic carbocycles. The predicted octanol–water partition coefficient (Wildman–Crippen LogP) is 4.19. The van der Waals surface area contributed by atoms with Gasteiger partial charge in [0.05, 0.1) is 4.90 Å². The summed E-state index contributed by atoms with van der Waals surface area (Å²) in [7, 11) is -3.57. The van der Waals surface area contributed by atoms with E-state index in [0.717, 1.165) is 18.4 Å². The number of benzene rings is 2. The zero-order valence-corrected chi connectivity index (χ0v) is 17.4. The second-order valence-corrected chi connectivity index (χ2v) is 10.1. The Morgan fingerprint density at radius 1 is 0.897 bits per heavy atom. The molecule has 0 saturated heterocycles. The van der Waals surface area contributed by atoms with E-state index >= 15 is 0 Å². The van der Waals surface area contributed by atoms with Gasteiger partial charge in [-0.15, -0.1) is 0 Å². The maximum atomic E-state index is 13.3. The van der Waals surface area contributed by atoms with Gasteiger partial charge in [-0.3, -0.25) is 4.79 Å². The average Bonchev–Trinajstić information content (AvgIpc) is 3.58. The van der Waals surface area contributed by atoms with Crippen LogP contribution in [0.25, 0.3) is 0 Å². The summed E-state index contributed by atoms with van der Waals surface area (Å²) in [5.41, 5.74) is 7.82. The molecule has 1 amide bonds. The smallest absolute Gasteiger partial charge is 0.248 e. The van der Waals surface area contributed by atoms with Crippen LogP contribution in [0.3, 0.4) is 0 Å². The molecule has 29 heavy (non-hydrogen) atoms. The number of hydrogen-bond acceptors (Lipinski definition) is 3. The van der Waals surface area contributed by atoms with Crippen molar-refractivity contribution in [1.82, 2.24) is 4.31 Å². The van der Waals surface area contributed by atoms with Gasteiger partial charge in [0, 0.05) is 18.2 Å². The van der Waals surface area contributed by atoms with Crippen molar-refractivity contribution in [3.05, 3.63) is 65.2 Å². The van der Waals surface area contributed by atoms with Crippen LogP contribution in [-0.4, -0.2) is 24.7 Å². The Bertz CT molecular complexity index is 958. The highest BCUT2D eigenvalue weighted by atomic mass is 32.2. The maximum Gasteiger partial charge on any atom is 0.248 e. The van der Waals surface area contributed by atoms with Crippen molar-refractivity contribution in [2.45, 2.75) is 68.3 Å². The monoisotopic (exact) mass is 412 g/mol. The highest BCUT2D eigenvalue weighted by molar-refractivity contribution is 7.89. The number of amides is 1. The summed E-state index contributed by atoms with van der Waals surface area (Å²) in [5.74, 6) is 0.0742. The van der Waals surface area contributed by atoms with E-state index in [9.17, 15) is 13.2 Å². The summed E-state index contributed by atoms with van der Waals surface area (Å²) < 4.78 is 28.3. The van der Waals surface area contributed by atoms with Gasteiger partial charge in [-0.2, -0.15) is 4.31 Å². The van der Waals surface area contributed by atoms with Gasteiger partial charge in [0.1, 0.15) is 0 Å². The first-order chi connectivity index (χ1) is 13.9. The standard InChI is InChI=1S/C23H28N2O3S/c24-23(26)20-8-6-17(7-9-20)16-25(21-12-13-21)29(27,28)22-14-10-19(11-15-22)18-4-2-1-3-5-18/h6-11,14-15,18,21H,1-5,12-13,16H2,(H2,24,26). The van der Waals surface area contributed by atoms with Gasteiger partial charge in [-0.25, -0.2) is 8.42 Å². The molecule has 2 fully saturated rings. The first-order valence-electron chi connectivity index (χ1n) is 10.5. The van der Waals surface area contributed by atoms with E-state index in [4.69, 9.17) is 5.73 Å². The quantitative estimate of drug-likeness (QED) is 0.740. The van der Waals surface area contributed by atoms with Crippen LogP contribution in [-0.2, 0) is 16.6 Å². The number of sulfonamides is 1. The zero-order valence-electron chi connectivity index (χ0n) is 16.6. The summed E-state index contributed by atoms with van der Waals surface area (Å²) in [6.45, 7) is 0.302. The fourth-order valence-corrected chi connectivity index (χ4v) is 5.88. The molecule has 0 aromatic heterocycles. The third-order valence-corrected chi connectivity index (χ3v) is 8.01. The molecule has 2 saturated carbocycles. The fourth-order valence-electron chi connectivity index (χ4n) is 4.21. The fraction of sp³-hybridized carbons (Fsp3) is 0.435. The van der Waals surface area contributed by atoms with Crippen molar-refractivity contribution in [2.24, 2.45) is 5.73 Å². The lowest BCUT2D eigenvalue weighted by Crippen LogP contribution is -2.32. The van der Waals surface area contributed by atoms with E-state index in [1.165, 1.54) is 37.7 Å². The van der Waals surface area contributed by atoms with Crippen molar-refractivity contribution in [2.75, 3.05) is 0 Å². The van der Waals surface area contributed by atoms with E-state index in [-0.39, 0.29) is 6.04 Å². The number of nitrogens with two attached hydrogens (primary N) is 1. The molecule has 2 N–H and O–H groups in total. The third kappa shape index (κ3) is 4.54. The summed E-state index contributed by atoms with van der Waals surface area (Å²) in [6, 6.07) is 14.4. The van der Waals surface area contributed by atoms with Crippen LogP contribution in [0.2, 0.25) is 0 Å². The Kier molecular flexibility index (Phi) is 5.74. The molecule has 6 heteroatoms. The summed E-state index contributed by atoms with van der Waals surface area (Å²) in [5, 5.41) is 0. The number of nitrogens with zero attached hydrogens (tertiary/aromatic N) is 1. The summed E-state index contributed by atoms with van der Waals surface area (Å²) >= 11 is 0. The molecule has 0 atom stereocenters. The third-order valence-electron chi connectivity index (χ3n) is 6.09. The number of primary amides is 1. The summed E-state index contributed by atoms with van der Waals surface area (Å²) in [6.07, 6.45) is 7.99. The Hall–Kier alpha value is -2.18. The van der Waals surface area contributed by atoms with Crippen LogP contribution < -0.4 is 5.73 Å². The van der Waals surface area contributed by atoms with Crippen molar-refractivity contribution >= 4 is 15.9 Å². The minimum atomic E-state index is -3.57. The van der Waals surface area contributed by atoms with E-state index in [1.54, 1.807) is 40.7 Å². The van der Waals surface area contributed by atoms with E-state index in [2.05, 4.69) is 0 Å². The van der Waals surface area contributed by atoms with Crippen molar-refractivity contribution in [3.8, 4) is 0 Å². The van der Waals surface area contributed by atoms with E-state index in [1.807, 2.05) is 12.1 Å². The number of carbonyl (C=O) groups excluding carboxylic acids is 1. The second kappa shape index (κ2) is 8.28. The molecule has 0 spiro atoms. The van der Waals surface area contributed by atoms with Gasteiger partial charge in [0.2, 0.25) is 15.9 Å². The normalized spacial score (nSPS) is 18.1. The van der Waals surface area contributed by atoms with Crippen LogP contribution in [0, 0.1) is 0 Å². The van der Waals surface area contributed by atoms with Gasteiger partial charge in [-0.05, 0) is 67.0 Å². The van der Waals surface area contributed by atoms with Crippen molar-refractivity contribution in [1.29, 1.82) is 0 Å². The first-order valence-corrected chi connectivity index (χ1v) is 11.9.